The van der Waals surface area contributed by atoms with E-state index in [9.17, 15) is 17.9 Å². The van der Waals surface area contributed by atoms with E-state index in [4.69, 9.17) is 11.6 Å². The number of halogens is 2. The lowest BCUT2D eigenvalue weighted by Crippen LogP contribution is -2.39. The number of rotatable bonds is 3. The zero-order valence-electron chi connectivity index (χ0n) is 9.44. The first kappa shape index (κ1) is 13.7. The summed E-state index contributed by atoms with van der Waals surface area (Å²) < 4.78 is 39.4. The smallest absolute Gasteiger partial charge is 0.240 e. The first-order chi connectivity index (χ1) is 8.40. The molecule has 1 fully saturated rings. The van der Waals surface area contributed by atoms with Crippen LogP contribution in [0.25, 0.3) is 0 Å². The molecule has 0 bridgehead atoms. The summed E-state index contributed by atoms with van der Waals surface area (Å²) in [6.07, 6.45) is 1.28. The Labute approximate surface area is 110 Å². The maximum atomic E-state index is 13.0. The summed E-state index contributed by atoms with van der Waals surface area (Å²) in [5.41, 5.74) is 0. The molecule has 4 nitrogen and oxygen atoms in total. The fourth-order valence-corrected chi connectivity index (χ4v) is 3.56. The van der Waals surface area contributed by atoms with E-state index in [1.54, 1.807) is 0 Å². The molecule has 100 valence electrons. The highest BCUT2D eigenvalue weighted by molar-refractivity contribution is 7.89. The highest BCUT2D eigenvalue weighted by Crippen LogP contribution is 2.23. The predicted octanol–water partition coefficient (Wildman–Crippen LogP) is 1.67. The minimum atomic E-state index is -3.78. The maximum absolute atomic E-state index is 13.0. The Kier molecular flexibility index (Phi) is 3.91. The molecule has 0 radical (unpaired) electrons. The summed E-state index contributed by atoms with van der Waals surface area (Å²) in [5, 5.41) is 9.34. The lowest BCUT2D eigenvalue weighted by molar-refractivity contribution is 0.159. The number of sulfonamides is 1. The number of benzene rings is 1. The third kappa shape index (κ3) is 2.83. The standard InChI is InChI=1S/C11H13ClFNO3S/c12-8-6-7(4-5-9(8)13)18(16,17)14-10-2-1-3-11(10)15/h4-6,10-11,14-15H,1-3H2. The quantitative estimate of drug-likeness (QED) is 0.891. The van der Waals surface area contributed by atoms with Crippen LogP contribution in [0.4, 0.5) is 4.39 Å². The van der Waals surface area contributed by atoms with Crippen molar-refractivity contribution in [3.8, 4) is 0 Å². The van der Waals surface area contributed by atoms with Crippen LogP contribution in [0.2, 0.25) is 5.02 Å². The van der Waals surface area contributed by atoms with Gasteiger partial charge < -0.3 is 5.11 Å². The van der Waals surface area contributed by atoms with Gasteiger partial charge in [0.15, 0.2) is 0 Å². The highest BCUT2D eigenvalue weighted by atomic mass is 35.5. The van der Waals surface area contributed by atoms with Gasteiger partial charge >= 0.3 is 0 Å². The molecule has 7 heteroatoms. The van der Waals surface area contributed by atoms with E-state index in [-0.39, 0.29) is 9.92 Å². The molecule has 0 heterocycles. The maximum Gasteiger partial charge on any atom is 0.240 e. The van der Waals surface area contributed by atoms with Crippen LogP contribution < -0.4 is 4.72 Å². The van der Waals surface area contributed by atoms with Crippen LogP contribution in [0.1, 0.15) is 19.3 Å². The Balaban J connectivity index is 2.22. The molecule has 1 aromatic carbocycles. The van der Waals surface area contributed by atoms with Crippen LogP contribution in [0, 0.1) is 5.82 Å². The SMILES string of the molecule is O=S(=O)(NC1CCCC1O)c1ccc(F)c(Cl)c1. The minimum absolute atomic E-state index is 0.104. The van der Waals surface area contributed by atoms with Crippen LogP contribution >= 0.6 is 11.6 Å². The van der Waals surface area contributed by atoms with Crippen molar-refractivity contribution in [2.45, 2.75) is 36.3 Å². The van der Waals surface area contributed by atoms with Gasteiger partial charge in [0.2, 0.25) is 10.0 Å². The third-order valence-corrected chi connectivity index (χ3v) is 4.76. The summed E-state index contributed by atoms with van der Waals surface area (Å²) in [5.74, 6) is -0.670. The zero-order chi connectivity index (χ0) is 13.3. The fourth-order valence-electron chi connectivity index (χ4n) is 1.99. The van der Waals surface area contributed by atoms with Gasteiger partial charge in [-0.2, -0.15) is 0 Å². The number of aliphatic hydroxyl groups is 1. The van der Waals surface area contributed by atoms with E-state index in [0.29, 0.717) is 12.8 Å². The predicted molar refractivity (Wildman–Crippen MR) is 65.4 cm³/mol. The van der Waals surface area contributed by atoms with Crippen LogP contribution in [-0.4, -0.2) is 25.7 Å². The Hall–Kier alpha value is -0.690. The molecule has 1 aromatic rings. The molecule has 2 N–H and O–H groups in total. The summed E-state index contributed by atoms with van der Waals surface area (Å²) in [4.78, 5) is -0.104. The van der Waals surface area contributed by atoms with Crippen LogP contribution in [0.5, 0.6) is 0 Å². The normalized spacial score (nSPS) is 24.4. The van der Waals surface area contributed by atoms with E-state index >= 15 is 0 Å². The average molecular weight is 294 g/mol. The average Bonchev–Trinajstić information content (AvgIpc) is 2.67. The first-order valence-electron chi connectivity index (χ1n) is 5.55. The molecule has 2 rings (SSSR count). The van der Waals surface area contributed by atoms with Gasteiger partial charge in [-0.1, -0.05) is 11.6 Å². The molecule has 1 saturated carbocycles. The number of hydrogen-bond acceptors (Lipinski definition) is 3. The molecular formula is C11H13ClFNO3S. The van der Waals surface area contributed by atoms with Crippen LogP contribution in [0.15, 0.2) is 23.1 Å². The minimum Gasteiger partial charge on any atom is -0.391 e. The fraction of sp³-hybridized carbons (Fsp3) is 0.455. The molecule has 2 unspecified atom stereocenters. The molecule has 0 spiro atoms. The van der Waals surface area contributed by atoms with Crippen molar-refractivity contribution < 1.29 is 17.9 Å². The van der Waals surface area contributed by atoms with E-state index in [1.165, 1.54) is 0 Å². The van der Waals surface area contributed by atoms with Gasteiger partial charge in [-0.25, -0.2) is 17.5 Å². The van der Waals surface area contributed by atoms with Gasteiger partial charge in [0, 0.05) is 6.04 Å². The largest absolute Gasteiger partial charge is 0.391 e. The molecule has 0 aliphatic heterocycles. The highest BCUT2D eigenvalue weighted by Gasteiger charge is 2.30. The van der Waals surface area contributed by atoms with Crippen molar-refractivity contribution in [3.63, 3.8) is 0 Å². The van der Waals surface area contributed by atoms with Gasteiger partial charge in [-0.3, -0.25) is 0 Å². The number of aliphatic hydroxyl groups excluding tert-OH is 1. The van der Waals surface area contributed by atoms with Crippen LogP contribution in [0.3, 0.4) is 0 Å². The Morgan fingerprint density at radius 3 is 2.67 bits per heavy atom. The van der Waals surface area contributed by atoms with Crippen molar-refractivity contribution in [3.05, 3.63) is 29.0 Å². The molecule has 0 amide bonds. The van der Waals surface area contributed by atoms with Crippen molar-refractivity contribution in [1.82, 2.24) is 4.72 Å². The summed E-state index contributed by atoms with van der Waals surface area (Å²) in [7, 11) is -3.78. The van der Waals surface area contributed by atoms with Gasteiger partial charge in [0.1, 0.15) is 5.82 Å². The summed E-state index contributed by atoms with van der Waals surface area (Å²) >= 11 is 5.55. The Morgan fingerprint density at radius 2 is 2.11 bits per heavy atom. The second kappa shape index (κ2) is 5.13. The molecule has 0 aromatic heterocycles. The Morgan fingerprint density at radius 1 is 1.39 bits per heavy atom. The van der Waals surface area contributed by atoms with Crippen molar-refractivity contribution >= 4 is 21.6 Å². The second-order valence-electron chi connectivity index (χ2n) is 4.30. The van der Waals surface area contributed by atoms with E-state index < -0.39 is 28.0 Å². The summed E-state index contributed by atoms with van der Waals surface area (Å²) in [6.45, 7) is 0. The third-order valence-electron chi connectivity index (χ3n) is 2.99. The van der Waals surface area contributed by atoms with E-state index in [2.05, 4.69) is 4.72 Å². The molecular weight excluding hydrogens is 281 g/mol. The monoisotopic (exact) mass is 293 g/mol. The summed E-state index contributed by atoms with van der Waals surface area (Å²) in [6, 6.07) is 2.71. The van der Waals surface area contributed by atoms with Gasteiger partial charge in [0.05, 0.1) is 16.0 Å². The lowest BCUT2D eigenvalue weighted by atomic mass is 10.2. The van der Waals surface area contributed by atoms with E-state index in [0.717, 1.165) is 24.6 Å². The molecule has 1 aliphatic carbocycles. The van der Waals surface area contributed by atoms with Crippen molar-refractivity contribution in [2.24, 2.45) is 0 Å². The van der Waals surface area contributed by atoms with Gasteiger partial charge in [-0.15, -0.1) is 0 Å². The topological polar surface area (TPSA) is 66.4 Å². The molecule has 18 heavy (non-hydrogen) atoms. The van der Waals surface area contributed by atoms with Crippen molar-refractivity contribution in [1.29, 1.82) is 0 Å². The number of hydrogen-bond donors (Lipinski definition) is 2. The Bertz CT molecular complexity index is 549. The van der Waals surface area contributed by atoms with Gasteiger partial charge in [-0.05, 0) is 37.5 Å². The van der Waals surface area contributed by atoms with Crippen LogP contribution in [-0.2, 0) is 10.0 Å². The molecule has 1 aliphatic rings. The first-order valence-corrected chi connectivity index (χ1v) is 7.42. The van der Waals surface area contributed by atoms with Gasteiger partial charge in [0.25, 0.3) is 0 Å². The number of nitrogens with one attached hydrogen (secondary N) is 1. The van der Waals surface area contributed by atoms with E-state index in [1.807, 2.05) is 0 Å². The zero-order valence-corrected chi connectivity index (χ0v) is 11.0. The lowest BCUT2D eigenvalue weighted by Gasteiger charge is -2.16. The molecule has 2 atom stereocenters. The van der Waals surface area contributed by atoms with Crippen molar-refractivity contribution in [2.75, 3.05) is 0 Å². The second-order valence-corrected chi connectivity index (χ2v) is 6.42. The molecule has 0 saturated heterocycles.